The minimum absolute atomic E-state index is 0.0629. The third kappa shape index (κ3) is 1.93. The highest BCUT2D eigenvalue weighted by atomic mass is 79.9. The zero-order chi connectivity index (χ0) is 12.5. The van der Waals surface area contributed by atoms with Crippen LogP contribution in [0.3, 0.4) is 0 Å². The van der Waals surface area contributed by atoms with Gasteiger partial charge in [-0.05, 0) is 36.2 Å². The van der Waals surface area contributed by atoms with Crippen LogP contribution in [0.4, 0.5) is 11.4 Å². The van der Waals surface area contributed by atoms with E-state index in [1.54, 1.807) is 0 Å². The molecule has 0 bridgehead atoms. The van der Waals surface area contributed by atoms with E-state index in [9.17, 15) is 5.11 Å². The molecule has 0 atom stereocenters. The van der Waals surface area contributed by atoms with Crippen molar-refractivity contribution in [2.24, 2.45) is 0 Å². The summed E-state index contributed by atoms with van der Waals surface area (Å²) in [6.45, 7) is 1.04. The molecule has 18 heavy (non-hydrogen) atoms. The summed E-state index contributed by atoms with van der Waals surface area (Å²) in [5, 5.41) is 9.50. The first kappa shape index (κ1) is 11.8. The number of hydrogen-bond acceptors (Lipinski definition) is 2. The van der Waals surface area contributed by atoms with Crippen LogP contribution in [0.5, 0.6) is 0 Å². The third-order valence-corrected chi connectivity index (χ3v) is 3.88. The van der Waals surface area contributed by atoms with E-state index in [0.29, 0.717) is 0 Å². The predicted molar refractivity (Wildman–Crippen MR) is 77.2 cm³/mol. The molecule has 0 spiro atoms. The highest BCUT2D eigenvalue weighted by Crippen LogP contribution is 2.36. The van der Waals surface area contributed by atoms with Crippen LogP contribution in [0, 0.1) is 0 Å². The average molecular weight is 304 g/mol. The van der Waals surface area contributed by atoms with E-state index < -0.39 is 0 Å². The fourth-order valence-corrected chi connectivity index (χ4v) is 2.94. The molecule has 1 N–H and O–H groups in total. The predicted octanol–water partition coefficient (Wildman–Crippen LogP) is 3.64. The molecule has 2 nitrogen and oxygen atoms in total. The largest absolute Gasteiger partial charge is 0.392 e. The Labute approximate surface area is 115 Å². The second-order valence-corrected chi connectivity index (χ2v) is 5.38. The lowest BCUT2D eigenvalue weighted by Gasteiger charge is -2.22. The number of hydrogen-bond donors (Lipinski definition) is 1. The fraction of sp³-hybridized carbons (Fsp3) is 0.200. The first-order valence-corrected chi connectivity index (χ1v) is 6.83. The lowest BCUT2D eigenvalue weighted by Crippen LogP contribution is -2.15. The Balaban J connectivity index is 2.07. The molecule has 2 aromatic carbocycles. The molecule has 1 heterocycles. The molecule has 0 saturated heterocycles. The molecular formula is C15H14BrNO. The molecule has 0 aromatic heterocycles. The van der Waals surface area contributed by atoms with Crippen LogP contribution >= 0.6 is 15.9 Å². The van der Waals surface area contributed by atoms with E-state index >= 15 is 0 Å². The van der Waals surface area contributed by atoms with E-state index in [4.69, 9.17) is 0 Å². The van der Waals surface area contributed by atoms with Crippen LogP contribution in [-0.4, -0.2) is 11.7 Å². The van der Waals surface area contributed by atoms with Crippen molar-refractivity contribution in [1.82, 2.24) is 0 Å². The summed E-state index contributed by atoms with van der Waals surface area (Å²) in [4.78, 5) is 2.29. The molecule has 0 amide bonds. The number of aliphatic hydroxyl groups excluding tert-OH is 1. The first-order valence-electron chi connectivity index (χ1n) is 6.04. The molecule has 0 radical (unpaired) electrons. The fourth-order valence-electron chi connectivity index (χ4n) is 2.53. The smallest absolute Gasteiger partial charge is 0.0702 e. The van der Waals surface area contributed by atoms with Gasteiger partial charge in [-0.2, -0.15) is 0 Å². The summed E-state index contributed by atoms with van der Waals surface area (Å²) >= 11 is 3.45. The number of anilines is 2. The third-order valence-electron chi connectivity index (χ3n) is 3.39. The summed E-state index contributed by atoms with van der Waals surface area (Å²) in [7, 11) is 0. The van der Waals surface area contributed by atoms with E-state index in [0.717, 1.165) is 28.7 Å². The van der Waals surface area contributed by atoms with Crippen molar-refractivity contribution in [1.29, 1.82) is 0 Å². The van der Waals surface area contributed by atoms with Crippen molar-refractivity contribution in [3.8, 4) is 0 Å². The Kier molecular flexibility index (Phi) is 3.10. The van der Waals surface area contributed by atoms with Crippen molar-refractivity contribution in [3.05, 3.63) is 58.1 Å². The van der Waals surface area contributed by atoms with Gasteiger partial charge in [-0.15, -0.1) is 0 Å². The lowest BCUT2D eigenvalue weighted by atomic mass is 10.1. The van der Waals surface area contributed by atoms with Gasteiger partial charge in [0.05, 0.1) is 6.61 Å². The minimum atomic E-state index is 0.0629. The van der Waals surface area contributed by atoms with Gasteiger partial charge in [-0.25, -0.2) is 0 Å². The van der Waals surface area contributed by atoms with Crippen molar-refractivity contribution in [2.75, 3.05) is 11.4 Å². The molecule has 0 aliphatic carbocycles. The number of aliphatic hydroxyl groups is 1. The Morgan fingerprint density at radius 3 is 2.78 bits per heavy atom. The molecule has 1 aliphatic rings. The number of halogens is 1. The molecule has 2 aromatic rings. The minimum Gasteiger partial charge on any atom is -0.392 e. The van der Waals surface area contributed by atoms with Crippen LogP contribution in [-0.2, 0) is 13.0 Å². The summed E-state index contributed by atoms with van der Waals surface area (Å²) < 4.78 is 1.00. The zero-order valence-corrected chi connectivity index (χ0v) is 11.5. The van der Waals surface area contributed by atoms with Crippen molar-refractivity contribution >= 4 is 27.3 Å². The molecule has 0 unspecified atom stereocenters. The monoisotopic (exact) mass is 303 g/mol. The Morgan fingerprint density at radius 2 is 1.94 bits per heavy atom. The molecule has 3 rings (SSSR count). The second kappa shape index (κ2) is 4.75. The van der Waals surface area contributed by atoms with Gasteiger partial charge >= 0.3 is 0 Å². The van der Waals surface area contributed by atoms with Crippen LogP contribution in [0.15, 0.2) is 46.9 Å². The number of benzene rings is 2. The Morgan fingerprint density at radius 1 is 1.11 bits per heavy atom. The van der Waals surface area contributed by atoms with Gasteiger partial charge in [0.2, 0.25) is 0 Å². The molecule has 92 valence electrons. The van der Waals surface area contributed by atoms with Crippen molar-refractivity contribution < 1.29 is 5.11 Å². The SMILES string of the molecule is OCc1cc(Br)ccc1N1CCc2ccccc21. The normalized spacial score (nSPS) is 13.8. The van der Waals surface area contributed by atoms with Crippen LogP contribution < -0.4 is 4.90 Å². The molecule has 1 aliphatic heterocycles. The quantitative estimate of drug-likeness (QED) is 0.915. The number of fused-ring (bicyclic) bond motifs is 1. The van der Waals surface area contributed by atoms with Gasteiger partial charge in [-0.1, -0.05) is 34.1 Å². The number of rotatable bonds is 2. The molecular weight excluding hydrogens is 290 g/mol. The van der Waals surface area contributed by atoms with Gasteiger partial charge in [0.1, 0.15) is 0 Å². The van der Waals surface area contributed by atoms with E-state index in [1.807, 2.05) is 12.1 Å². The topological polar surface area (TPSA) is 23.5 Å². The first-order chi connectivity index (χ1) is 8.79. The number of para-hydroxylation sites is 1. The van der Waals surface area contributed by atoms with E-state index in [1.165, 1.54) is 11.3 Å². The van der Waals surface area contributed by atoms with Crippen LogP contribution in [0.25, 0.3) is 0 Å². The number of nitrogens with zero attached hydrogens (tertiary/aromatic N) is 1. The maximum atomic E-state index is 9.50. The standard InChI is InChI=1S/C15H14BrNO/c16-13-5-6-15(12(9-13)10-18)17-8-7-11-3-1-2-4-14(11)17/h1-6,9,18H,7-8,10H2. The second-order valence-electron chi connectivity index (χ2n) is 4.46. The maximum Gasteiger partial charge on any atom is 0.0702 e. The van der Waals surface area contributed by atoms with Gasteiger partial charge in [-0.3, -0.25) is 0 Å². The Bertz CT molecular complexity index is 582. The summed E-state index contributed by atoms with van der Waals surface area (Å²) in [5.41, 5.74) is 4.70. The van der Waals surface area contributed by atoms with Gasteiger partial charge in [0, 0.05) is 28.0 Å². The van der Waals surface area contributed by atoms with Crippen molar-refractivity contribution in [3.63, 3.8) is 0 Å². The van der Waals surface area contributed by atoms with Crippen LogP contribution in [0.1, 0.15) is 11.1 Å². The van der Waals surface area contributed by atoms with Gasteiger partial charge < -0.3 is 10.0 Å². The summed E-state index contributed by atoms with van der Waals surface area (Å²) in [6, 6.07) is 14.5. The van der Waals surface area contributed by atoms with E-state index in [-0.39, 0.29) is 6.61 Å². The van der Waals surface area contributed by atoms with Gasteiger partial charge in [0.25, 0.3) is 0 Å². The van der Waals surface area contributed by atoms with E-state index in [2.05, 4.69) is 51.2 Å². The van der Waals surface area contributed by atoms with Crippen LogP contribution in [0.2, 0.25) is 0 Å². The summed E-state index contributed by atoms with van der Waals surface area (Å²) in [5.74, 6) is 0. The maximum absolute atomic E-state index is 9.50. The summed E-state index contributed by atoms with van der Waals surface area (Å²) in [6.07, 6.45) is 1.07. The lowest BCUT2D eigenvalue weighted by molar-refractivity contribution is 0.282. The van der Waals surface area contributed by atoms with Crippen molar-refractivity contribution in [2.45, 2.75) is 13.0 Å². The molecule has 0 saturated carbocycles. The average Bonchev–Trinajstić information content (AvgIpc) is 2.82. The highest BCUT2D eigenvalue weighted by molar-refractivity contribution is 9.10. The van der Waals surface area contributed by atoms with Gasteiger partial charge in [0.15, 0.2) is 0 Å². The zero-order valence-electron chi connectivity index (χ0n) is 9.94. The Hall–Kier alpha value is -1.32. The molecule has 0 fully saturated rings. The molecule has 3 heteroatoms. The highest BCUT2D eigenvalue weighted by Gasteiger charge is 2.21.